The smallest absolute Gasteiger partial charge is 0.246 e. The van der Waals surface area contributed by atoms with Gasteiger partial charge in [0.1, 0.15) is 22.1 Å². The summed E-state index contributed by atoms with van der Waals surface area (Å²) in [4.78, 5) is 0.147. The van der Waals surface area contributed by atoms with Crippen molar-refractivity contribution < 1.29 is 31.0 Å². The zero-order chi connectivity index (χ0) is 21.9. The van der Waals surface area contributed by atoms with Gasteiger partial charge in [0, 0.05) is 32.2 Å². The van der Waals surface area contributed by atoms with Crippen LogP contribution in [-0.4, -0.2) is 73.0 Å². The third kappa shape index (κ3) is 4.24. The first-order valence-electron chi connectivity index (χ1n) is 9.10. The molecule has 3 rings (SSSR count). The van der Waals surface area contributed by atoms with E-state index >= 15 is 0 Å². The minimum atomic E-state index is -3.86. The van der Waals surface area contributed by atoms with E-state index in [9.17, 15) is 16.8 Å². The van der Waals surface area contributed by atoms with Gasteiger partial charge in [0.2, 0.25) is 20.0 Å². The molecule has 11 heteroatoms. The second-order valence-corrected chi connectivity index (χ2v) is 10.3. The number of piperazine rings is 1. The lowest BCUT2D eigenvalue weighted by atomic mass is 10.3. The summed E-state index contributed by atoms with van der Waals surface area (Å²) in [5.74, 6) is 1.20. The molecule has 9 nitrogen and oxygen atoms in total. The molecule has 1 heterocycles. The number of hydrogen-bond donors (Lipinski definition) is 0. The molecule has 0 aromatic heterocycles. The molecule has 164 valence electrons. The third-order valence-electron chi connectivity index (χ3n) is 4.88. The molecule has 1 saturated heterocycles. The highest BCUT2D eigenvalue weighted by Gasteiger charge is 2.35. The van der Waals surface area contributed by atoms with Crippen molar-refractivity contribution in [3.63, 3.8) is 0 Å². The maximum Gasteiger partial charge on any atom is 0.246 e. The fraction of sp³-hybridized carbons (Fsp3) is 0.368. The van der Waals surface area contributed by atoms with E-state index in [0.717, 1.165) is 0 Å². The molecule has 0 radical (unpaired) electrons. The van der Waals surface area contributed by atoms with E-state index in [4.69, 9.17) is 14.2 Å². The van der Waals surface area contributed by atoms with Gasteiger partial charge in [0.25, 0.3) is 0 Å². The van der Waals surface area contributed by atoms with Gasteiger partial charge in [-0.05, 0) is 36.4 Å². The van der Waals surface area contributed by atoms with Gasteiger partial charge < -0.3 is 14.2 Å². The van der Waals surface area contributed by atoms with E-state index < -0.39 is 20.0 Å². The van der Waals surface area contributed by atoms with Gasteiger partial charge in [-0.3, -0.25) is 0 Å². The van der Waals surface area contributed by atoms with E-state index in [1.807, 2.05) is 0 Å². The van der Waals surface area contributed by atoms with Crippen LogP contribution in [0.3, 0.4) is 0 Å². The molecule has 2 aromatic rings. The fourth-order valence-corrected chi connectivity index (χ4v) is 6.16. The molecule has 0 atom stereocenters. The van der Waals surface area contributed by atoms with Gasteiger partial charge in [0.15, 0.2) is 0 Å². The summed E-state index contributed by atoms with van der Waals surface area (Å²) in [5, 5.41) is 0. The van der Waals surface area contributed by atoms with Crippen molar-refractivity contribution in [2.75, 3.05) is 47.5 Å². The Kier molecular flexibility index (Phi) is 6.56. The minimum Gasteiger partial charge on any atom is -0.497 e. The van der Waals surface area contributed by atoms with Crippen molar-refractivity contribution in [3.05, 3.63) is 42.5 Å². The van der Waals surface area contributed by atoms with Crippen LogP contribution in [0.4, 0.5) is 0 Å². The Bertz CT molecular complexity index is 1090. The summed E-state index contributed by atoms with van der Waals surface area (Å²) in [6, 6.07) is 10.6. The van der Waals surface area contributed by atoms with E-state index in [0.29, 0.717) is 11.5 Å². The van der Waals surface area contributed by atoms with Crippen molar-refractivity contribution in [1.29, 1.82) is 0 Å². The van der Waals surface area contributed by atoms with Crippen LogP contribution >= 0.6 is 0 Å². The Morgan fingerprint density at radius 2 is 1.17 bits per heavy atom. The third-order valence-corrected chi connectivity index (χ3v) is 8.73. The fourth-order valence-electron chi connectivity index (χ4n) is 3.17. The van der Waals surface area contributed by atoms with E-state index in [-0.39, 0.29) is 41.7 Å². The molecule has 2 aromatic carbocycles. The number of nitrogens with zero attached hydrogens (tertiary/aromatic N) is 2. The van der Waals surface area contributed by atoms with Crippen molar-refractivity contribution in [3.8, 4) is 17.2 Å². The van der Waals surface area contributed by atoms with Crippen LogP contribution in [0.5, 0.6) is 17.2 Å². The normalized spacial score (nSPS) is 16.2. The Hall–Kier alpha value is -2.34. The zero-order valence-electron chi connectivity index (χ0n) is 16.9. The predicted molar refractivity (Wildman–Crippen MR) is 110 cm³/mol. The second-order valence-electron chi connectivity index (χ2n) is 6.50. The quantitative estimate of drug-likeness (QED) is 0.621. The van der Waals surface area contributed by atoms with Crippen LogP contribution < -0.4 is 14.2 Å². The predicted octanol–water partition coefficient (Wildman–Crippen LogP) is 1.41. The lowest BCUT2D eigenvalue weighted by Gasteiger charge is -2.33. The number of rotatable bonds is 7. The monoisotopic (exact) mass is 456 g/mol. The molecule has 0 N–H and O–H groups in total. The Labute approximate surface area is 176 Å². The van der Waals surface area contributed by atoms with Gasteiger partial charge in [-0.1, -0.05) is 0 Å². The summed E-state index contributed by atoms with van der Waals surface area (Å²) in [6.07, 6.45) is 0. The molecule has 30 heavy (non-hydrogen) atoms. The summed E-state index contributed by atoms with van der Waals surface area (Å²) in [5.41, 5.74) is 0. The average molecular weight is 457 g/mol. The van der Waals surface area contributed by atoms with Crippen molar-refractivity contribution in [2.24, 2.45) is 0 Å². The largest absolute Gasteiger partial charge is 0.497 e. The highest BCUT2D eigenvalue weighted by molar-refractivity contribution is 7.89. The molecule has 0 aliphatic carbocycles. The molecule has 0 saturated carbocycles. The van der Waals surface area contributed by atoms with Crippen molar-refractivity contribution in [1.82, 2.24) is 8.61 Å². The van der Waals surface area contributed by atoms with Crippen molar-refractivity contribution >= 4 is 20.0 Å². The average Bonchev–Trinajstić information content (AvgIpc) is 2.78. The van der Waals surface area contributed by atoms with Gasteiger partial charge in [-0.2, -0.15) is 8.61 Å². The maximum atomic E-state index is 13.1. The summed E-state index contributed by atoms with van der Waals surface area (Å²) < 4.78 is 69.8. The SMILES string of the molecule is COc1ccc(S(=O)(=O)N2CCN(S(=O)(=O)c3ccc(OC)cc3OC)CC2)cc1. The van der Waals surface area contributed by atoms with E-state index in [2.05, 4.69) is 0 Å². The maximum absolute atomic E-state index is 13.1. The van der Waals surface area contributed by atoms with Gasteiger partial charge in [-0.15, -0.1) is 0 Å². The lowest BCUT2D eigenvalue weighted by Crippen LogP contribution is -2.50. The van der Waals surface area contributed by atoms with Crippen LogP contribution in [0.15, 0.2) is 52.3 Å². The van der Waals surface area contributed by atoms with Gasteiger partial charge >= 0.3 is 0 Å². The van der Waals surface area contributed by atoms with Crippen LogP contribution in [0.1, 0.15) is 0 Å². The zero-order valence-corrected chi connectivity index (χ0v) is 18.6. The van der Waals surface area contributed by atoms with Gasteiger partial charge in [-0.25, -0.2) is 16.8 Å². The molecule has 1 aliphatic rings. The van der Waals surface area contributed by atoms with Crippen LogP contribution in [0.25, 0.3) is 0 Å². The summed E-state index contributed by atoms with van der Waals surface area (Å²) >= 11 is 0. The van der Waals surface area contributed by atoms with Crippen LogP contribution in [0, 0.1) is 0 Å². The summed E-state index contributed by atoms with van der Waals surface area (Å²) in [6.45, 7) is 0.165. The highest BCUT2D eigenvalue weighted by Crippen LogP contribution is 2.31. The number of benzene rings is 2. The number of sulfonamides is 2. The summed E-state index contributed by atoms with van der Waals surface area (Å²) in [7, 11) is -3.22. The molecule has 1 aliphatic heterocycles. The number of hydrogen-bond acceptors (Lipinski definition) is 7. The molecular formula is C19H24N2O7S2. The molecule has 1 fully saturated rings. The topological polar surface area (TPSA) is 102 Å². The Balaban J connectivity index is 1.77. The number of methoxy groups -OCH3 is 3. The first-order valence-corrected chi connectivity index (χ1v) is 12.0. The van der Waals surface area contributed by atoms with Crippen LogP contribution in [-0.2, 0) is 20.0 Å². The Morgan fingerprint density at radius 3 is 1.67 bits per heavy atom. The molecule has 0 amide bonds. The first-order chi connectivity index (χ1) is 14.2. The molecular weight excluding hydrogens is 432 g/mol. The minimum absolute atomic E-state index is 0.0114. The molecule has 0 unspecified atom stereocenters. The van der Waals surface area contributed by atoms with E-state index in [1.165, 1.54) is 54.2 Å². The van der Waals surface area contributed by atoms with Crippen molar-refractivity contribution in [2.45, 2.75) is 9.79 Å². The molecule has 0 spiro atoms. The van der Waals surface area contributed by atoms with E-state index in [1.54, 1.807) is 18.2 Å². The van der Waals surface area contributed by atoms with Gasteiger partial charge in [0.05, 0.1) is 26.2 Å². The first kappa shape index (κ1) is 22.3. The lowest BCUT2D eigenvalue weighted by molar-refractivity contribution is 0.272. The Morgan fingerprint density at radius 1 is 0.667 bits per heavy atom. The molecule has 0 bridgehead atoms. The second kappa shape index (κ2) is 8.80. The van der Waals surface area contributed by atoms with Crippen LogP contribution in [0.2, 0.25) is 0 Å². The highest BCUT2D eigenvalue weighted by atomic mass is 32.2. The standard InChI is InChI=1S/C19H24N2O7S2/c1-26-15-4-7-17(8-5-15)29(22,23)20-10-12-21(13-11-20)30(24,25)19-9-6-16(27-2)14-18(19)28-3/h4-9,14H,10-13H2,1-3H3. The number of ether oxygens (including phenoxy) is 3.